The standard InChI is InChI=1S/C25H27N5O2/c1-16-7-8-23(28-13-16)19-10-20(12-22(11-19)30-9-5-4-6-24(30)31)25(32)29-17(2)21-14-26-18(3)27-15-21/h7-8,10-15,17H,4-6,9H2,1-3H3,(H,29,32). The van der Waals surface area contributed by atoms with Gasteiger partial charge in [0.2, 0.25) is 5.91 Å². The second-order valence-electron chi connectivity index (χ2n) is 8.25. The van der Waals surface area contributed by atoms with Crippen molar-refractivity contribution in [2.45, 2.75) is 46.1 Å². The third-order valence-corrected chi connectivity index (χ3v) is 5.67. The number of benzene rings is 1. The van der Waals surface area contributed by atoms with Crippen molar-refractivity contribution in [3.05, 3.63) is 71.4 Å². The van der Waals surface area contributed by atoms with E-state index < -0.39 is 0 Å². The number of amides is 2. The molecule has 3 heterocycles. The first kappa shape index (κ1) is 21.6. The largest absolute Gasteiger partial charge is 0.345 e. The Morgan fingerprint density at radius 2 is 1.81 bits per heavy atom. The Hall–Kier alpha value is -3.61. The summed E-state index contributed by atoms with van der Waals surface area (Å²) in [5, 5.41) is 3.02. The number of aryl methyl sites for hydroxylation is 2. The summed E-state index contributed by atoms with van der Waals surface area (Å²) in [6.07, 6.45) is 7.62. The van der Waals surface area contributed by atoms with Gasteiger partial charge in [-0.15, -0.1) is 0 Å². The van der Waals surface area contributed by atoms with E-state index in [9.17, 15) is 9.59 Å². The van der Waals surface area contributed by atoms with Gasteiger partial charge in [-0.2, -0.15) is 0 Å². The molecule has 0 saturated carbocycles. The van der Waals surface area contributed by atoms with Crippen LogP contribution in [0.15, 0.2) is 48.9 Å². The third-order valence-electron chi connectivity index (χ3n) is 5.67. The molecular weight excluding hydrogens is 402 g/mol. The number of piperidine rings is 1. The molecule has 1 N–H and O–H groups in total. The molecule has 7 nitrogen and oxygen atoms in total. The quantitative estimate of drug-likeness (QED) is 0.658. The summed E-state index contributed by atoms with van der Waals surface area (Å²) < 4.78 is 0. The molecule has 1 aromatic carbocycles. The number of nitrogens with one attached hydrogen (secondary N) is 1. The number of carbonyl (C=O) groups is 2. The second-order valence-corrected chi connectivity index (χ2v) is 8.25. The Morgan fingerprint density at radius 1 is 1.03 bits per heavy atom. The van der Waals surface area contributed by atoms with Crippen molar-refractivity contribution in [1.82, 2.24) is 20.3 Å². The normalized spacial score (nSPS) is 14.8. The van der Waals surface area contributed by atoms with Gasteiger partial charge in [-0.3, -0.25) is 14.6 Å². The van der Waals surface area contributed by atoms with E-state index in [2.05, 4.69) is 20.3 Å². The van der Waals surface area contributed by atoms with Crippen LogP contribution in [0.3, 0.4) is 0 Å². The number of pyridine rings is 1. The van der Waals surface area contributed by atoms with Crippen LogP contribution in [-0.2, 0) is 4.79 Å². The van der Waals surface area contributed by atoms with Crippen molar-refractivity contribution in [2.75, 3.05) is 11.4 Å². The van der Waals surface area contributed by atoms with Gasteiger partial charge in [0.1, 0.15) is 5.82 Å². The highest BCUT2D eigenvalue weighted by atomic mass is 16.2. The zero-order valence-corrected chi connectivity index (χ0v) is 18.6. The third kappa shape index (κ3) is 4.82. The summed E-state index contributed by atoms with van der Waals surface area (Å²) in [7, 11) is 0. The fourth-order valence-electron chi connectivity index (χ4n) is 3.75. The zero-order valence-electron chi connectivity index (χ0n) is 18.6. The molecule has 2 aromatic heterocycles. The molecule has 1 saturated heterocycles. The van der Waals surface area contributed by atoms with Crippen molar-refractivity contribution in [1.29, 1.82) is 0 Å². The van der Waals surface area contributed by atoms with Crippen molar-refractivity contribution in [3.8, 4) is 11.3 Å². The smallest absolute Gasteiger partial charge is 0.251 e. The lowest BCUT2D eigenvalue weighted by Crippen LogP contribution is -2.35. The molecule has 1 aliphatic heterocycles. The van der Waals surface area contributed by atoms with Crippen molar-refractivity contribution >= 4 is 17.5 Å². The van der Waals surface area contributed by atoms with Gasteiger partial charge in [-0.1, -0.05) is 6.07 Å². The maximum Gasteiger partial charge on any atom is 0.251 e. The van der Waals surface area contributed by atoms with Gasteiger partial charge in [-0.25, -0.2) is 9.97 Å². The topological polar surface area (TPSA) is 88.1 Å². The predicted octanol–water partition coefficient (Wildman–Crippen LogP) is 4.16. The Labute approximate surface area is 187 Å². The summed E-state index contributed by atoms with van der Waals surface area (Å²) in [5.41, 5.74) is 4.66. The SMILES string of the molecule is Cc1ccc(-c2cc(C(=O)NC(C)c3cnc(C)nc3)cc(N3CCCCC3=O)c2)nc1. The van der Waals surface area contributed by atoms with Crippen LogP contribution in [0, 0.1) is 13.8 Å². The van der Waals surface area contributed by atoms with Crippen LogP contribution in [0.25, 0.3) is 11.3 Å². The van der Waals surface area contributed by atoms with Crippen LogP contribution in [0.5, 0.6) is 0 Å². The van der Waals surface area contributed by atoms with Gasteiger partial charge in [-0.05, 0) is 63.4 Å². The first-order valence-electron chi connectivity index (χ1n) is 10.9. The van der Waals surface area contributed by atoms with E-state index in [-0.39, 0.29) is 17.9 Å². The molecule has 32 heavy (non-hydrogen) atoms. The fourth-order valence-corrected chi connectivity index (χ4v) is 3.75. The maximum atomic E-state index is 13.2. The molecule has 2 amide bonds. The Balaban J connectivity index is 1.67. The minimum absolute atomic E-state index is 0.0850. The predicted molar refractivity (Wildman–Crippen MR) is 123 cm³/mol. The van der Waals surface area contributed by atoms with Crippen LogP contribution >= 0.6 is 0 Å². The number of hydrogen-bond acceptors (Lipinski definition) is 5. The van der Waals surface area contributed by atoms with Crippen molar-refractivity contribution in [2.24, 2.45) is 0 Å². The summed E-state index contributed by atoms with van der Waals surface area (Å²) in [4.78, 5) is 40.4. The van der Waals surface area contributed by atoms with E-state index in [1.807, 2.05) is 45.0 Å². The molecule has 0 radical (unpaired) electrons. The monoisotopic (exact) mass is 429 g/mol. The number of carbonyl (C=O) groups excluding carboxylic acids is 2. The molecule has 3 aromatic rings. The number of rotatable bonds is 5. The Morgan fingerprint density at radius 3 is 2.50 bits per heavy atom. The van der Waals surface area contributed by atoms with E-state index in [4.69, 9.17) is 0 Å². The average molecular weight is 430 g/mol. The summed E-state index contributed by atoms with van der Waals surface area (Å²) in [5.74, 6) is 0.543. The minimum atomic E-state index is -0.260. The molecular formula is C25H27N5O2. The Bertz CT molecular complexity index is 1130. The fraction of sp³-hybridized carbons (Fsp3) is 0.320. The summed E-state index contributed by atoms with van der Waals surface area (Å²) in [6, 6.07) is 9.21. The molecule has 0 spiro atoms. The van der Waals surface area contributed by atoms with Gasteiger partial charge in [0.05, 0.1) is 11.7 Å². The van der Waals surface area contributed by atoms with Crippen molar-refractivity contribution < 1.29 is 9.59 Å². The number of anilines is 1. The van der Waals surface area contributed by atoms with Gasteiger partial charge >= 0.3 is 0 Å². The summed E-state index contributed by atoms with van der Waals surface area (Å²) >= 11 is 0. The lowest BCUT2D eigenvalue weighted by atomic mass is 10.0. The van der Waals surface area contributed by atoms with Crippen LogP contribution in [-0.4, -0.2) is 33.3 Å². The van der Waals surface area contributed by atoms with Crippen LogP contribution in [0.1, 0.15) is 59.5 Å². The Kier molecular flexibility index (Phi) is 6.25. The zero-order chi connectivity index (χ0) is 22.7. The highest BCUT2D eigenvalue weighted by Crippen LogP contribution is 2.29. The van der Waals surface area contributed by atoms with E-state index in [0.29, 0.717) is 24.4 Å². The van der Waals surface area contributed by atoms with Gasteiger partial charge in [0.15, 0.2) is 0 Å². The second kappa shape index (κ2) is 9.26. The lowest BCUT2D eigenvalue weighted by molar-refractivity contribution is -0.119. The van der Waals surface area contributed by atoms with Gasteiger partial charge < -0.3 is 10.2 Å². The maximum absolute atomic E-state index is 13.2. The molecule has 1 fully saturated rings. The number of hydrogen-bond donors (Lipinski definition) is 1. The molecule has 0 aliphatic carbocycles. The first-order valence-corrected chi connectivity index (χ1v) is 10.9. The van der Waals surface area contributed by atoms with E-state index >= 15 is 0 Å². The summed E-state index contributed by atoms with van der Waals surface area (Å²) in [6.45, 7) is 6.35. The highest BCUT2D eigenvalue weighted by Gasteiger charge is 2.22. The van der Waals surface area contributed by atoms with Gasteiger partial charge in [0.25, 0.3) is 5.91 Å². The van der Waals surface area contributed by atoms with Crippen molar-refractivity contribution in [3.63, 3.8) is 0 Å². The molecule has 4 rings (SSSR count). The van der Waals surface area contributed by atoms with E-state index in [1.165, 1.54) is 0 Å². The molecule has 1 aliphatic rings. The van der Waals surface area contributed by atoms with Crippen LogP contribution < -0.4 is 10.2 Å². The van der Waals surface area contributed by atoms with Crippen LogP contribution in [0.4, 0.5) is 5.69 Å². The van der Waals surface area contributed by atoms with E-state index in [1.54, 1.807) is 29.6 Å². The van der Waals surface area contributed by atoms with E-state index in [0.717, 1.165) is 40.9 Å². The minimum Gasteiger partial charge on any atom is -0.345 e. The molecule has 1 unspecified atom stereocenters. The number of aromatic nitrogens is 3. The first-order chi connectivity index (χ1) is 15.4. The number of nitrogens with zero attached hydrogens (tertiary/aromatic N) is 4. The molecule has 1 atom stereocenters. The lowest BCUT2D eigenvalue weighted by Gasteiger charge is -2.27. The van der Waals surface area contributed by atoms with Crippen LogP contribution in [0.2, 0.25) is 0 Å². The molecule has 7 heteroatoms. The highest BCUT2D eigenvalue weighted by molar-refractivity contribution is 6.00. The molecule has 164 valence electrons. The average Bonchev–Trinajstić information content (AvgIpc) is 2.80. The van der Waals surface area contributed by atoms with Gasteiger partial charge in [0, 0.05) is 53.9 Å². The molecule has 0 bridgehead atoms.